The molecule has 0 amide bonds. The number of likely N-dealkylation sites (tertiary alicyclic amines) is 1. The van der Waals surface area contributed by atoms with Crippen molar-refractivity contribution in [2.24, 2.45) is 0 Å². The maximum atomic E-state index is 12.3. The molecule has 1 fully saturated rings. The van der Waals surface area contributed by atoms with Crippen LogP contribution in [0.25, 0.3) is 0 Å². The number of nitrogen functional groups attached to an aromatic ring is 1. The van der Waals surface area contributed by atoms with Gasteiger partial charge in [0.05, 0.1) is 5.69 Å². The molecule has 1 aliphatic heterocycles. The van der Waals surface area contributed by atoms with E-state index in [2.05, 4.69) is 9.62 Å². The van der Waals surface area contributed by atoms with Gasteiger partial charge < -0.3 is 10.6 Å². The van der Waals surface area contributed by atoms with Crippen molar-refractivity contribution in [2.45, 2.75) is 38.0 Å². The standard InChI is InChI=1S/C15H25N3O2S/c1-12-10-14(16)15(11-13(12)2)21(19,20)17-6-5-9-18-7-3-4-8-18/h10-11,17H,3-9,16H2,1-2H3. The van der Waals surface area contributed by atoms with Crippen molar-refractivity contribution in [3.05, 3.63) is 23.3 Å². The van der Waals surface area contributed by atoms with Crippen molar-refractivity contribution in [1.29, 1.82) is 0 Å². The Morgan fingerprint density at radius 1 is 1.19 bits per heavy atom. The van der Waals surface area contributed by atoms with E-state index in [-0.39, 0.29) is 4.90 Å². The van der Waals surface area contributed by atoms with Gasteiger partial charge in [0.25, 0.3) is 0 Å². The number of nitrogens with zero attached hydrogens (tertiary/aromatic N) is 1. The van der Waals surface area contributed by atoms with Gasteiger partial charge >= 0.3 is 0 Å². The molecule has 1 aromatic carbocycles. The van der Waals surface area contributed by atoms with E-state index in [4.69, 9.17) is 5.73 Å². The van der Waals surface area contributed by atoms with Gasteiger partial charge in [0, 0.05) is 6.54 Å². The summed E-state index contributed by atoms with van der Waals surface area (Å²) in [6.07, 6.45) is 3.33. The van der Waals surface area contributed by atoms with Crippen molar-refractivity contribution < 1.29 is 8.42 Å². The van der Waals surface area contributed by atoms with Crippen LogP contribution in [0.1, 0.15) is 30.4 Å². The van der Waals surface area contributed by atoms with Crippen molar-refractivity contribution in [3.8, 4) is 0 Å². The molecule has 21 heavy (non-hydrogen) atoms. The average Bonchev–Trinajstić information content (AvgIpc) is 2.92. The van der Waals surface area contributed by atoms with Gasteiger partial charge in [-0.05, 0) is 76.0 Å². The molecule has 3 N–H and O–H groups in total. The van der Waals surface area contributed by atoms with Crippen LogP contribution in [0.2, 0.25) is 0 Å². The summed E-state index contributed by atoms with van der Waals surface area (Å²) in [5.41, 5.74) is 8.10. The average molecular weight is 311 g/mol. The second kappa shape index (κ2) is 6.77. The van der Waals surface area contributed by atoms with Crippen LogP contribution in [0.15, 0.2) is 17.0 Å². The molecule has 5 nitrogen and oxygen atoms in total. The first-order chi connectivity index (χ1) is 9.90. The fraction of sp³-hybridized carbons (Fsp3) is 0.600. The van der Waals surface area contributed by atoms with Gasteiger partial charge in [0.15, 0.2) is 0 Å². The molecule has 1 aliphatic rings. The Hall–Kier alpha value is -1.11. The molecule has 118 valence electrons. The summed E-state index contributed by atoms with van der Waals surface area (Å²) in [4.78, 5) is 2.56. The number of benzene rings is 1. The number of aryl methyl sites for hydroxylation is 2. The fourth-order valence-electron chi connectivity index (χ4n) is 2.64. The SMILES string of the molecule is Cc1cc(N)c(S(=O)(=O)NCCCN2CCCC2)cc1C. The van der Waals surface area contributed by atoms with Crippen LogP contribution in [0.3, 0.4) is 0 Å². The molecular formula is C15H25N3O2S. The molecule has 0 saturated carbocycles. The summed E-state index contributed by atoms with van der Waals surface area (Å²) in [6, 6.07) is 3.36. The van der Waals surface area contributed by atoms with Gasteiger partial charge in [0.1, 0.15) is 4.90 Å². The Labute approximate surface area is 127 Å². The maximum Gasteiger partial charge on any atom is 0.242 e. The predicted molar refractivity (Wildman–Crippen MR) is 85.8 cm³/mol. The quantitative estimate of drug-likeness (QED) is 0.619. The van der Waals surface area contributed by atoms with Gasteiger partial charge in [-0.3, -0.25) is 0 Å². The highest BCUT2D eigenvalue weighted by Gasteiger charge is 2.18. The van der Waals surface area contributed by atoms with Crippen LogP contribution < -0.4 is 10.5 Å². The zero-order chi connectivity index (χ0) is 15.5. The first kappa shape index (κ1) is 16.3. The fourth-order valence-corrected chi connectivity index (χ4v) is 3.91. The van der Waals surface area contributed by atoms with E-state index >= 15 is 0 Å². The summed E-state index contributed by atoms with van der Waals surface area (Å²) in [5.74, 6) is 0. The van der Waals surface area contributed by atoms with Gasteiger partial charge in [-0.2, -0.15) is 0 Å². The Morgan fingerprint density at radius 3 is 2.48 bits per heavy atom. The van der Waals surface area contributed by atoms with Crippen LogP contribution in [-0.4, -0.2) is 39.5 Å². The molecule has 1 aromatic rings. The minimum atomic E-state index is -3.52. The zero-order valence-electron chi connectivity index (χ0n) is 12.9. The van der Waals surface area contributed by atoms with Crippen LogP contribution in [0, 0.1) is 13.8 Å². The molecule has 1 saturated heterocycles. The molecule has 0 unspecified atom stereocenters. The van der Waals surface area contributed by atoms with E-state index in [1.165, 1.54) is 12.8 Å². The van der Waals surface area contributed by atoms with Gasteiger partial charge in [0.2, 0.25) is 10.0 Å². The lowest BCUT2D eigenvalue weighted by molar-refractivity contribution is 0.334. The normalized spacial score (nSPS) is 16.5. The molecule has 0 radical (unpaired) electrons. The van der Waals surface area contributed by atoms with Crippen LogP contribution >= 0.6 is 0 Å². The molecule has 0 spiro atoms. The van der Waals surface area contributed by atoms with Crippen molar-refractivity contribution in [3.63, 3.8) is 0 Å². The molecule has 0 aliphatic carbocycles. The van der Waals surface area contributed by atoms with Crippen LogP contribution in [0.4, 0.5) is 5.69 Å². The Kier molecular flexibility index (Phi) is 5.24. The molecular weight excluding hydrogens is 286 g/mol. The van der Waals surface area contributed by atoms with E-state index in [9.17, 15) is 8.42 Å². The summed E-state index contributed by atoms with van der Waals surface area (Å²) in [7, 11) is -3.52. The van der Waals surface area contributed by atoms with Gasteiger partial charge in [-0.15, -0.1) is 0 Å². The molecule has 0 atom stereocenters. The highest BCUT2D eigenvalue weighted by molar-refractivity contribution is 7.89. The van der Waals surface area contributed by atoms with Crippen molar-refractivity contribution in [2.75, 3.05) is 31.9 Å². The lowest BCUT2D eigenvalue weighted by Gasteiger charge is -2.15. The monoisotopic (exact) mass is 311 g/mol. The maximum absolute atomic E-state index is 12.3. The van der Waals surface area contributed by atoms with Crippen LogP contribution in [-0.2, 0) is 10.0 Å². The summed E-state index contributed by atoms with van der Waals surface area (Å²) in [5, 5.41) is 0. The zero-order valence-corrected chi connectivity index (χ0v) is 13.7. The third-order valence-corrected chi connectivity index (χ3v) is 5.57. The largest absolute Gasteiger partial charge is 0.398 e. The summed E-state index contributed by atoms with van der Waals surface area (Å²) >= 11 is 0. The number of nitrogens with one attached hydrogen (secondary N) is 1. The summed E-state index contributed by atoms with van der Waals surface area (Å²) in [6.45, 7) is 7.48. The van der Waals surface area contributed by atoms with E-state index in [0.717, 1.165) is 37.2 Å². The second-order valence-corrected chi connectivity index (χ2v) is 7.51. The van der Waals surface area contributed by atoms with Crippen molar-refractivity contribution >= 4 is 15.7 Å². The Morgan fingerprint density at radius 2 is 1.81 bits per heavy atom. The number of rotatable bonds is 6. The number of hydrogen-bond donors (Lipinski definition) is 2. The highest BCUT2D eigenvalue weighted by Crippen LogP contribution is 2.22. The Balaban J connectivity index is 1.93. The predicted octanol–water partition coefficient (Wildman–Crippen LogP) is 1.65. The number of hydrogen-bond acceptors (Lipinski definition) is 4. The minimum Gasteiger partial charge on any atom is -0.398 e. The molecule has 1 heterocycles. The first-order valence-electron chi connectivity index (χ1n) is 7.49. The molecule has 0 aromatic heterocycles. The Bertz CT molecular complexity index is 593. The smallest absolute Gasteiger partial charge is 0.242 e. The lowest BCUT2D eigenvalue weighted by atomic mass is 10.1. The second-order valence-electron chi connectivity index (χ2n) is 5.77. The highest BCUT2D eigenvalue weighted by atomic mass is 32.2. The van der Waals surface area contributed by atoms with E-state index < -0.39 is 10.0 Å². The molecule has 2 rings (SSSR count). The lowest BCUT2D eigenvalue weighted by Crippen LogP contribution is -2.29. The van der Waals surface area contributed by atoms with Crippen molar-refractivity contribution in [1.82, 2.24) is 9.62 Å². The van der Waals surface area contributed by atoms with E-state index in [0.29, 0.717) is 12.2 Å². The topological polar surface area (TPSA) is 75.4 Å². The van der Waals surface area contributed by atoms with E-state index in [1.807, 2.05) is 13.8 Å². The third-order valence-electron chi connectivity index (χ3n) is 4.06. The van der Waals surface area contributed by atoms with Gasteiger partial charge in [-0.1, -0.05) is 0 Å². The third kappa shape index (κ3) is 4.18. The summed E-state index contributed by atoms with van der Waals surface area (Å²) < 4.78 is 27.3. The number of anilines is 1. The van der Waals surface area contributed by atoms with Gasteiger partial charge in [-0.25, -0.2) is 13.1 Å². The van der Waals surface area contributed by atoms with E-state index in [1.54, 1.807) is 12.1 Å². The number of nitrogens with two attached hydrogens (primary N) is 1. The first-order valence-corrected chi connectivity index (χ1v) is 8.97. The molecule has 0 bridgehead atoms. The minimum absolute atomic E-state index is 0.187. The number of sulfonamides is 1. The van der Waals surface area contributed by atoms with Crippen LogP contribution in [0.5, 0.6) is 0 Å². The molecule has 6 heteroatoms.